The lowest BCUT2D eigenvalue weighted by atomic mass is 10.3. The Kier molecular flexibility index (Phi) is 5.29. The second kappa shape index (κ2) is 6.81. The standard InChI is InChI=1S/C10H15N3O6P2/c11-10(18-20(14)15,19-21(16)17)5-6-13-7-12-8-3-1-2-4-9(8)13/h1-4,7,20-21H,5-6,11H2,(H,14,15)(H,16,17). The van der Waals surface area contributed by atoms with E-state index < -0.39 is 22.4 Å². The van der Waals surface area contributed by atoms with Crippen LogP contribution in [0.4, 0.5) is 0 Å². The normalized spacial score (nSPS) is 17.5. The molecule has 2 atom stereocenters. The fraction of sp³-hybridized carbons (Fsp3) is 0.300. The third-order valence-corrected chi connectivity index (χ3v) is 3.79. The molecule has 0 amide bonds. The first kappa shape index (κ1) is 16.3. The van der Waals surface area contributed by atoms with E-state index in [0.29, 0.717) is 0 Å². The number of benzene rings is 1. The highest BCUT2D eigenvalue weighted by atomic mass is 31.1. The lowest BCUT2D eigenvalue weighted by Gasteiger charge is -2.26. The molecule has 0 aliphatic heterocycles. The van der Waals surface area contributed by atoms with E-state index in [2.05, 4.69) is 14.0 Å². The Morgan fingerprint density at radius 2 is 1.86 bits per heavy atom. The van der Waals surface area contributed by atoms with E-state index in [-0.39, 0.29) is 13.0 Å². The molecule has 0 spiro atoms. The van der Waals surface area contributed by atoms with Crippen LogP contribution in [0.2, 0.25) is 0 Å². The molecule has 1 aromatic heterocycles. The third-order valence-electron chi connectivity index (χ3n) is 2.75. The van der Waals surface area contributed by atoms with Gasteiger partial charge in [0.1, 0.15) is 0 Å². The zero-order valence-electron chi connectivity index (χ0n) is 10.8. The number of aryl methyl sites for hydroxylation is 1. The van der Waals surface area contributed by atoms with Gasteiger partial charge in [0.05, 0.1) is 17.4 Å². The summed E-state index contributed by atoms with van der Waals surface area (Å²) in [5, 5.41) is 0. The Morgan fingerprint density at radius 1 is 1.24 bits per heavy atom. The number of hydrogen-bond acceptors (Lipinski definition) is 6. The van der Waals surface area contributed by atoms with Crippen LogP contribution in [-0.4, -0.2) is 25.2 Å². The summed E-state index contributed by atoms with van der Waals surface area (Å²) in [5.74, 6) is -2.11. The van der Waals surface area contributed by atoms with Crippen LogP contribution in [0, 0.1) is 0 Å². The van der Waals surface area contributed by atoms with Crippen molar-refractivity contribution in [1.29, 1.82) is 0 Å². The van der Waals surface area contributed by atoms with Gasteiger partial charge in [0.2, 0.25) is 5.91 Å². The average molecular weight is 335 g/mol. The van der Waals surface area contributed by atoms with E-state index >= 15 is 0 Å². The summed E-state index contributed by atoms with van der Waals surface area (Å²) in [7, 11) is -6.85. The van der Waals surface area contributed by atoms with Crippen LogP contribution >= 0.6 is 16.5 Å². The Morgan fingerprint density at radius 3 is 2.48 bits per heavy atom. The van der Waals surface area contributed by atoms with Gasteiger partial charge in [-0.15, -0.1) is 0 Å². The number of hydrogen-bond donors (Lipinski definition) is 3. The molecule has 0 saturated heterocycles. The molecular weight excluding hydrogens is 320 g/mol. The number of para-hydroxylation sites is 2. The third kappa shape index (κ3) is 4.46. The Labute approximate surface area is 121 Å². The minimum Gasteiger partial charge on any atom is -0.330 e. The van der Waals surface area contributed by atoms with Gasteiger partial charge in [0, 0.05) is 13.0 Å². The molecule has 11 heteroatoms. The molecule has 0 radical (unpaired) electrons. The Balaban J connectivity index is 2.14. The van der Waals surface area contributed by atoms with Crippen molar-refractivity contribution in [2.45, 2.75) is 18.9 Å². The zero-order chi connectivity index (χ0) is 15.5. The first-order valence-corrected chi connectivity index (χ1v) is 8.45. The molecule has 0 saturated carbocycles. The SMILES string of the molecule is NC(CCn1cnc2ccccc21)(O[PH](=O)O)O[PH](=O)O. The minimum absolute atomic E-state index is 0.110. The van der Waals surface area contributed by atoms with Gasteiger partial charge in [-0.05, 0) is 12.1 Å². The second-order valence-electron chi connectivity index (χ2n) is 4.22. The van der Waals surface area contributed by atoms with Crippen LogP contribution in [0.25, 0.3) is 11.0 Å². The van der Waals surface area contributed by atoms with E-state index in [1.54, 1.807) is 10.9 Å². The van der Waals surface area contributed by atoms with E-state index in [1.807, 2.05) is 24.3 Å². The number of aromatic nitrogens is 2. The van der Waals surface area contributed by atoms with Crippen molar-refractivity contribution >= 4 is 27.5 Å². The topological polar surface area (TPSA) is 137 Å². The molecule has 2 aromatic rings. The number of nitrogens with zero attached hydrogens (tertiary/aromatic N) is 2. The maximum absolute atomic E-state index is 10.8. The molecule has 0 aliphatic carbocycles. The van der Waals surface area contributed by atoms with Crippen molar-refractivity contribution in [3.63, 3.8) is 0 Å². The number of fused-ring (bicyclic) bond motifs is 1. The van der Waals surface area contributed by atoms with Crippen LogP contribution in [-0.2, 0) is 24.7 Å². The zero-order valence-corrected chi connectivity index (χ0v) is 12.8. The van der Waals surface area contributed by atoms with Gasteiger partial charge >= 0.3 is 16.5 Å². The predicted octanol–water partition coefficient (Wildman–Crippen LogP) is 0.836. The van der Waals surface area contributed by atoms with Crippen LogP contribution < -0.4 is 5.73 Å². The quantitative estimate of drug-likeness (QED) is 0.500. The molecule has 0 fully saturated rings. The minimum atomic E-state index is -3.43. The fourth-order valence-electron chi connectivity index (χ4n) is 1.88. The molecule has 1 heterocycles. The molecule has 9 nitrogen and oxygen atoms in total. The summed E-state index contributed by atoms with van der Waals surface area (Å²) in [6, 6.07) is 7.34. The van der Waals surface area contributed by atoms with E-state index in [9.17, 15) is 9.13 Å². The first-order chi connectivity index (χ1) is 9.89. The van der Waals surface area contributed by atoms with E-state index in [4.69, 9.17) is 15.5 Å². The maximum atomic E-state index is 10.8. The number of nitrogens with two attached hydrogens (primary N) is 1. The maximum Gasteiger partial charge on any atom is 0.320 e. The van der Waals surface area contributed by atoms with Gasteiger partial charge in [-0.25, -0.2) is 4.98 Å². The van der Waals surface area contributed by atoms with Gasteiger partial charge in [0.15, 0.2) is 0 Å². The second-order valence-corrected chi connectivity index (χ2v) is 5.70. The molecule has 0 bridgehead atoms. The molecule has 0 aliphatic rings. The summed E-state index contributed by atoms with van der Waals surface area (Å²) >= 11 is 0. The van der Waals surface area contributed by atoms with Crippen molar-refractivity contribution < 1.29 is 28.0 Å². The molecular formula is C10H15N3O6P2. The molecule has 4 N–H and O–H groups in total. The lowest BCUT2D eigenvalue weighted by Crippen LogP contribution is -2.43. The van der Waals surface area contributed by atoms with Gasteiger partial charge in [-0.1, -0.05) is 12.1 Å². The number of rotatable bonds is 7. The molecule has 2 rings (SSSR count). The van der Waals surface area contributed by atoms with Crippen molar-refractivity contribution in [2.24, 2.45) is 5.73 Å². The molecule has 116 valence electrons. The summed E-state index contributed by atoms with van der Waals surface area (Å²) in [6.45, 7) is 0.224. The highest BCUT2D eigenvalue weighted by molar-refractivity contribution is 7.33. The summed E-state index contributed by atoms with van der Waals surface area (Å²) in [4.78, 5) is 21.8. The van der Waals surface area contributed by atoms with Crippen molar-refractivity contribution in [1.82, 2.24) is 9.55 Å². The van der Waals surface area contributed by atoms with Crippen molar-refractivity contribution in [2.75, 3.05) is 0 Å². The average Bonchev–Trinajstić information content (AvgIpc) is 2.77. The fourth-order valence-corrected chi connectivity index (χ4v) is 2.85. The van der Waals surface area contributed by atoms with Crippen LogP contribution in [0.3, 0.4) is 0 Å². The highest BCUT2D eigenvalue weighted by Crippen LogP contribution is 2.33. The Bertz CT molecular complexity index is 660. The molecule has 21 heavy (non-hydrogen) atoms. The van der Waals surface area contributed by atoms with Gasteiger partial charge in [0.25, 0.3) is 0 Å². The van der Waals surface area contributed by atoms with Crippen molar-refractivity contribution in [3.8, 4) is 0 Å². The predicted molar refractivity (Wildman–Crippen MR) is 75.9 cm³/mol. The largest absolute Gasteiger partial charge is 0.330 e. The molecule has 1 aromatic carbocycles. The number of imidazole rings is 1. The van der Waals surface area contributed by atoms with Crippen LogP contribution in [0.15, 0.2) is 30.6 Å². The molecule has 2 unspecified atom stereocenters. The van der Waals surface area contributed by atoms with Crippen LogP contribution in [0.5, 0.6) is 0 Å². The van der Waals surface area contributed by atoms with E-state index in [1.165, 1.54) is 0 Å². The van der Waals surface area contributed by atoms with Gasteiger partial charge in [-0.2, -0.15) is 0 Å². The smallest absolute Gasteiger partial charge is 0.320 e. The first-order valence-electron chi connectivity index (χ1n) is 5.92. The summed E-state index contributed by atoms with van der Waals surface area (Å²) in [6.07, 6.45) is 1.45. The van der Waals surface area contributed by atoms with Gasteiger partial charge < -0.3 is 14.4 Å². The van der Waals surface area contributed by atoms with E-state index in [0.717, 1.165) is 11.0 Å². The highest BCUT2D eigenvalue weighted by Gasteiger charge is 2.31. The van der Waals surface area contributed by atoms with Gasteiger partial charge in [-0.3, -0.25) is 23.9 Å². The monoisotopic (exact) mass is 335 g/mol. The van der Waals surface area contributed by atoms with Crippen molar-refractivity contribution in [3.05, 3.63) is 30.6 Å². The summed E-state index contributed by atoms with van der Waals surface area (Å²) < 4.78 is 32.4. The summed E-state index contributed by atoms with van der Waals surface area (Å²) in [5.41, 5.74) is 7.21. The lowest BCUT2D eigenvalue weighted by molar-refractivity contribution is -0.117. The Hall–Kier alpha value is -1.05. The van der Waals surface area contributed by atoms with Crippen LogP contribution in [0.1, 0.15) is 6.42 Å².